The first kappa shape index (κ1) is 27.8. The van der Waals surface area contributed by atoms with Crippen molar-refractivity contribution in [2.45, 2.75) is 12.8 Å². The van der Waals surface area contributed by atoms with Crippen molar-refractivity contribution >= 4 is 15.4 Å². The Kier molecular flexibility index (Phi) is 12.7. The standard InChI is InChI=1S/C16H44N6P2.H2O/c1-17(2)23(18(3)4,19(5)6)15-13-14-16-24(20(7)8,21(9)10)22(11)12;/h13-16H2,1-12H3;1H2/q+2;. The molecule has 7 nitrogen and oxygen atoms in total. The van der Waals surface area contributed by atoms with E-state index < -0.39 is 15.4 Å². The first-order valence-electron chi connectivity index (χ1n) is 8.70. The molecule has 0 aromatic carbocycles. The minimum Gasteiger partial charge on any atom is -0.412 e. The van der Waals surface area contributed by atoms with Crippen molar-refractivity contribution in [3.63, 3.8) is 0 Å². The molecule has 0 aromatic rings. The van der Waals surface area contributed by atoms with Crippen molar-refractivity contribution in [1.82, 2.24) is 28.0 Å². The van der Waals surface area contributed by atoms with Crippen LogP contribution in [0.15, 0.2) is 0 Å². The van der Waals surface area contributed by atoms with Crippen LogP contribution in [0.5, 0.6) is 0 Å². The van der Waals surface area contributed by atoms with E-state index in [2.05, 4.69) is 113 Å². The van der Waals surface area contributed by atoms with Crippen LogP contribution in [0.1, 0.15) is 12.8 Å². The van der Waals surface area contributed by atoms with Gasteiger partial charge < -0.3 is 5.48 Å². The average molecular weight is 401 g/mol. The largest absolute Gasteiger partial charge is 0.412 e. The maximum Gasteiger partial charge on any atom is 0.225 e. The quantitative estimate of drug-likeness (QED) is 0.390. The van der Waals surface area contributed by atoms with Crippen LogP contribution in [0, 0.1) is 0 Å². The van der Waals surface area contributed by atoms with Crippen LogP contribution in [-0.4, -0.2) is 130 Å². The average Bonchev–Trinajstić information content (AvgIpc) is 2.40. The summed E-state index contributed by atoms with van der Waals surface area (Å²) < 4.78 is 14.7. The Morgan fingerprint density at radius 1 is 0.400 bits per heavy atom. The molecule has 0 unspecified atom stereocenters. The third kappa shape index (κ3) is 6.03. The molecule has 0 aliphatic carbocycles. The Labute approximate surface area is 159 Å². The molecule has 0 fully saturated rings. The van der Waals surface area contributed by atoms with E-state index in [0.29, 0.717) is 0 Å². The molecule has 2 N–H and O–H groups in total. The molecule has 0 spiro atoms. The maximum absolute atomic E-state index is 2.44. The van der Waals surface area contributed by atoms with E-state index in [0.717, 1.165) is 0 Å². The van der Waals surface area contributed by atoms with Crippen LogP contribution in [-0.2, 0) is 0 Å². The number of nitrogens with zero attached hydrogens (tertiary/aromatic N) is 6. The summed E-state index contributed by atoms with van der Waals surface area (Å²) in [7, 11) is 23.9. The molecule has 0 saturated heterocycles. The summed E-state index contributed by atoms with van der Waals surface area (Å²) in [6.45, 7) is 0. The number of hydrogen-bond donors (Lipinski definition) is 0. The summed E-state index contributed by atoms with van der Waals surface area (Å²) in [6, 6.07) is 0. The monoisotopic (exact) mass is 400 g/mol. The van der Waals surface area contributed by atoms with Gasteiger partial charge in [0.25, 0.3) is 0 Å². The van der Waals surface area contributed by atoms with E-state index in [1.165, 1.54) is 25.2 Å². The van der Waals surface area contributed by atoms with Gasteiger partial charge in [-0.2, -0.15) is 28.0 Å². The molecular weight excluding hydrogens is 354 g/mol. The van der Waals surface area contributed by atoms with Crippen molar-refractivity contribution in [2.24, 2.45) is 0 Å². The molecule has 0 amide bonds. The Bertz CT molecular complexity index is 287. The van der Waals surface area contributed by atoms with E-state index >= 15 is 0 Å². The molecule has 9 heteroatoms. The van der Waals surface area contributed by atoms with E-state index in [4.69, 9.17) is 0 Å². The van der Waals surface area contributed by atoms with Crippen molar-refractivity contribution in [2.75, 3.05) is 96.9 Å². The predicted molar refractivity (Wildman–Crippen MR) is 119 cm³/mol. The van der Waals surface area contributed by atoms with Crippen molar-refractivity contribution in [3.8, 4) is 0 Å². The van der Waals surface area contributed by atoms with Gasteiger partial charge in [0.15, 0.2) is 0 Å². The first-order valence-corrected chi connectivity index (χ1v) is 12.4. The third-order valence-corrected chi connectivity index (χ3v) is 14.5. The number of unbranched alkanes of at least 4 members (excludes halogenated alkanes) is 1. The van der Waals surface area contributed by atoms with Gasteiger partial charge in [0, 0.05) is 84.6 Å². The zero-order valence-electron chi connectivity index (χ0n) is 18.9. The van der Waals surface area contributed by atoms with Gasteiger partial charge in [-0.15, -0.1) is 0 Å². The fraction of sp³-hybridized carbons (Fsp3) is 1.00. The van der Waals surface area contributed by atoms with Crippen LogP contribution < -0.4 is 0 Å². The molecule has 0 saturated carbocycles. The molecule has 0 heterocycles. The van der Waals surface area contributed by atoms with Gasteiger partial charge in [-0.1, -0.05) is 0 Å². The molecule has 0 aliphatic rings. The van der Waals surface area contributed by atoms with Gasteiger partial charge in [0.2, 0.25) is 15.4 Å². The Hall–Kier alpha value is 0.580. The smallest absolute Gasteiger partial charge is 0.225 e. The van der Waals surface area contributed by atoms with Gasteiger partial charge in [-0.05, 0) is 12.8 Å². The van der Waals surface area contributed by atoms with Gasteiger partial charge >= 0.3 is 0 Å². The molecule has 0 atom stereocenters. The highest BCUT2D eigenvalue weighted by Gasteiger charge is 2.49. The second kappa shape index (κ2) is 11.4. The summed E-state index contributed by atoms with van der Waals surface area (Å²) in [5, 5.41) is 0. The summed E-state index contributed by atoms with van der Waals surface area (Å²) >= 11 is 0. The van der Waals surface area contributed by atoms with Gasteiger partial charge in [-0.3, -0.25) is 0 Å². The normalized spacial score (nSPS) is 13.7. The molecule has 0 radical (unpaired) electrons. The fourth-order valence-electron chi connectivity index (χ4n) is 3.99. The van der Waals surface area contributed by atoms with Crippen molar-refractivity contribution < 1.29 is 5.48 Å². The van der Waals surface area contributed by atoms with Crippen molar-refractivity contribution in [3.05, 3.63) is 0 Å². The van der Waals surface area contributed by atoms with Gasteiger partial charge in [0.05, 0.1) is 0 Å². The Morgan fingerprint density at radius 2 is 0.560 bits per heavy atom. The molecular formula is C16H46N6OP2+2. The van der Waals surface area contributed by atoms with E-state index in [1.54, 1.807) is 0 Å². The summed E-state index contributed by atoms with van der Waals surface area (Å²) in [4.78, 5) is 0. The lowest BCUT2D eigenvalue weighted by Crippen LogP contribution is -2.39. The molecule has 0 rings (SSSR count). The Morgan fingerprint density at radius 3 is 0.680 bits per heavy atom. The minimum atomic E-state index is -1.39. The lowest BCUT2D eigenvalue weighted by Gasteiger charge is -2.41. The molecule has 154 valence electrons. The highest BCUT2D eigenvalue weighted by atomic mass is 31.2. The topological polar surface area (TPSA) is 50.9 Å². The van der Waals surface area contributed by atoms with Crippen LogP contribution in [0.25, 0.3) is 0 Å². The van der Waals surface area contributed by atoms with Crippen LogP contribution >= 0.6 is 15.4 Å². The Balaban J connectivity index is 0. The van der Waals surface area contributed by atoms with Crippen LogP contribution in [0.4, 0.5) is 0 Å². The highest BCUT2D eigenvalue weighted by Crippen LogP contribution is 2.66. The summed E-state index contributed by atoms with van der Waals surface area (Å²) in [5.41, 5.74) is 0. The molecule has 0 aromatic heterocycles. The lowest BCUT2D eigenvalue weighted by molar-refractivity contribution is 0.449. The van der Waals surface area contributed by atoms with Crippen molar-refractivity contribution in [1.29, 1.82) is 0 Å². The highest BCUT2D eigenvalue weighted by molar-refractivity contribution is 7.69. The van der Waals surface area contributed by atoms with E-state index in [-0.39, 0.29) is 5.48 Å². The van der Waals surface area contributed by atoms with Gasteiger partial charge in [0.1, 0.15) is 12.3 Å². The van der Waals surface area contributed by atoms with Crippen LogP contribution in [0.3, 0.4) is 0 Å². The summed E-state index contributed by atoms with van der Waals surface area (Å²) in [6.07, 6.45) is 5.02. The van der Waals surface area contributed by atoms with E-state index in [1.807, 2.05) is 0 Å². The zero-order valence-corrected chi connectivity index (χ0v) is 20.7. The molecule has 25 heavy (non-hydrogen) atoms. The van der Waals surface area contributed by atoms with Gasteiger partial charge in [-0.25, -0.2) is 0 Å². The number of hydrogen-bond acceptors (Lipinski definition) is 6. The minimum absolute atomic E-state index is 0. The predicted octanol–water partition coefficient (Wildman–Crippen LogP) is 1.84. The first-order chi connectivity index (χ1) is 10.9. The SMILES string of the molecule is CN(C)[P+](CCCC[P+](N(C)C)(N(C)C)N(C)C)(N(C)C)N(C)C.O. The fourth-order valence-corrected chi connectivity index (χ4v) is 12.0. The molecule has 0 bridgehead atoms. The molecule has 0 aliphatic heterocycles. The second-order valence-corrected chi connectivity index (χ2v) is 16.1. The van der Waals surface area contributed by atoms with E-state index in [9.17, 15) is 0 Å². The second-order valence-electron chi connectivity index (χ2n) is 7.62. The summed E-state index contributed by atoms with van der Waals surface area (Å²) in [5.74, 6) is 0. The zero-order chi connectivity index (χ0) is 19.3. The maximum atomic E-state index is 2.44. The number of rotatable bonds is 11. The van der Waals surface area contributed by atoms with Crippen LogP contribution in [0.2, 0.25) is 0 Å². The third-order valence-electron chi connectivity index (χ3n) is 5.01. The lowest BCUT2D eigenvalue weighted by atomic mass is 10.4.